The Morgan fingerprint density at radius 2 is 1.96 bits per heavy atom. The van der Waals surface area contributed by atoms with Crippen LogP contribution >= 0.6 is 0 Å². The van der Waals surface area contributed by atoms with Crippen LogP contribution in [0.5, 0.6) is 5.75 Å². The van der Waals surface area contributed by atoms with Gasteiger partial charge >= 0.3 is 5.69 Å². The molecule has 0 atom stereocenters. The summed E-state index contributed by atoms with van der Waals surface area (Å²) in [7, 11) is 1.37. The number of hydrogen-bond donors (Lipinski definition) is 1. The molecule has 24 heavy (non-hydrogen) atoms. The first-order valence-corrected chi connectivity index (χ1v) is 6.62. The lowest BCUT2D eigenvalue weighted by molar-refractivity contribution is -0.385. The number of nitrogens with one attached hydrogen (secondary N) is 1. The van der Waals surface area contributed by atoms with Gasteiger partial charge in [0, 0.05) is 0 Å². The van der Waals surface area contributed by atoms with Crippen LogP contribution in [0.4, 0.5) is 17.1 Å². The summed E-state index contributed by atoms with van der Waals surface area (Å²) in [4.78, 5) is 32.6. The summed E-state index contributed by atoms with van der Waals surface area (Å²) in [5.74, 6) is -0.331. The average Bonchev–Trinajstić information content (AvgIpc) is 2.88. The summed E-state index contributed by atoms with van der Waals surface area (Å²) in [6, 6.07) is 3.99. The van der Waals surface area contributed by atoms with Crippen molar-refractivity contribution in [2.75, 3.05) is 12.4 Å². The molecule has 0 unspecified atom stereocenters. The van der Waals surface area contributed by atoms with E-state index < -0.39 is 15.8 Å². The van der Waals surface area contributed by atoms with Gasteiger partial charge in [0.05, 0.1) is 23.0 Å². The van der Waals surface area contributed by atoms with Crippen molar-refractivity contribution < 1.29 is 19.4 Å². The number of nitro benzene ring substituents is 1. The Morgan fingerprint density at radius 1 is 1.29 bits per heavy atom. The maximum atomic E-state index is 12.0. The summed E-state index contributed by atoms with van der Waals surface area (Å²) < 4.78 is 6.05. The van der Waals surface area contributed by atoms with E-state index in [1.165, 1.54) is 32.2 Å². The zero-order chi connectivity index (χ0) is 17.9. The number of anilines is 1. The highest BCUT2D eigenvalue weighted by Gasteiger charge is 2.20. The molecule has 1 amide bonds. The monoisotopic (exact) mass is 335 g/mol. The van der Waals surface area contributed by atoms with Crippen molar-refractivity contribution in [2.24, 2.45) is 0 Å². The number of carbonyl (C=O) groups excluding carboxylic acids is 1. The number of benzene rings is 1. The third-order valence-corrected chi connectivity index (χ3v) is 3.24. The molecule has 0 spiro atoms. The highest BCUT2D eigenvalue weighted by molar-refractivity contribution is 5.93. The fourth-order valence-electron chi connectivity index (χ4n) is 2.00. The van der Waals surface area contributed by atoms with Crippen molar-refractivity contribution in [2.45, 2.75) is 13.5 Å². The molecule has 0 bridgehead atoms. The number of nitrogens with zero attached hydrogens (tertiary/aromatic N) is 4. The first-order valence-electron chi connectivity index (χ1n) is 6.62. The van der Waals surface area contributed by atoms with Crippen molar-refractivity contribution in [1.29, 1.82) is 0 Å². The highest BCUT2D eigenvalue weighted by atomic mass is 16.6. The Kier molecular flexibility index (Phi) is 4.73. The Labute approximate surface area is 135 Å². The SMILES string of the molecule is COc1ccc(NC(=O)Cn2ncc([N+](=O)[O-])c2C)c([N+](=O)[O-])c1. The summed E-state index contributed by atoms with van der Waals surface area (Å²) in [5, 5.41) is 28.0. The van der Waals surface area contributed by atoms with Gasteiger partial charge in [-0.25, -0.2) is 0 Å². The van der Waals surface area contributed by atoms with E-state index in [2.05, 4.69) is 10.4 Å². The number of aromatic nitrogens is 2. The lowest BCUT2D eigenvalue weighted by Gasteiger charge is -2.08. The van der Waals surface area contributed by atoms with Crippen molar-refractivity contribution in [1.82, 2.24) is 9.78 Å². The lowest BCUT2D eigenvalue weighted by Crippen LogP contribution is -2.20. The molecule has 1 heterocycles. The first-order chi connectivity index (χ1) is 11.3. The second-order valence-corrected chi connectivity index (χ2v) is 4.72. The zero-order valence-corrected chi connectivity index (χ0v) is 12.8. The van der Waals surface area contributed by atoms with Gasteiger partial charge in [-0.15, -0.1) is 0 Å². The topological polar surface area (TPSA) is 142 Å². The van der Waals surface area contributed by atoms with Crippen molar-refractivity contribution in [3.63, 3.8) is 0 Å². The van der Waals surface area contributed by atoms with Gasteiger partial charge < -0.3 is 10.1 Å². The number of amides is 1. The van der Waals surface area contributed by atoms with Crippen molar-refractivity contribution >= 4 is 23.0 Å². The van der Waals surface area contributed by atoms with Gasteiger partial charge in [-0.1, -0.05) is 0 Å². The Balaban J connectivity index is 2.18. The fraction of sp³-hybridized carbons (Fsp3) is 0.231. The molecule has 0 aliphatic heterocycles. The number of nitro groups is 2. The van der Waals surface area contributed by atoms with E-state index in [-0.39, 0.29) is 35.1 Å². The fourth-order valence-corrected chi connectivity index (χ4v) is 2.00. The van der Waals surface area contributed by atoms with Crippen LogP contribution < -0.4 is 10.1 Å². The Hall–Kier alpha value is -3.50. The normalized spacial score (nSPS) is 10.2. The summed E-state index contributed by atoms with van der Waals surface area (Å²) >= 11 is 0. The quantitative estimate of drug-likeness (QED) is 0.624. The smallest absolute Gasteiger partial charge is 0.309 e. The van der Waals surface area contributed by atoms with Gasteiger partial charge in [-0.2, -0.15) is 5.10 Å². The minimum Gasteiger partial charge on any atom is -0.496 e. The van der Waals surface area contributed by atoms with Gasteiger partial charge in [-0.05, 0) is 19.1 Å². The van der Waals surface area contributed by atoms with E-state index >= 15 is 0 Å². The molecule has 11 heteroatoms. The molecular formula is C13H13N5O6. The first kappa shape index (κ1) is 16.9. The minimum atomic E-state index is -0.651. The van der Waals surface area contributed by atoms with Gasteiger partial charge in [-0.3, -0.25) is 29.7 Å². The van der Waals surface area contributed by atoms with Gasteiger partial charge in [0.2, 0.25) is 5.91 Å². The van der Waals surface area contributed by atoms with E-state index in [1.54, 1.807) is 0 Å². The van der Waals surface area contributed by atoms with Crippen LogP contribution in [-0.4, -0.2) is 32.6 Å². The predicted octanol–water partition coefficient (Wildman–Crippen LogP) is 1.66. The van der Waals surface area contributed by atoms with Gasteiger partial charge in [0.15, 0.2) is 0 Å². The third kappa shape index (κ3) is 3.45. The second-order valence-electron chi connectivity index (χ2n) is 4.72. The van der Waals surface area contributed by atoms with E-state index in [4.69, 9.17) is 4.74 Å². The van der Waals surface area contributed by atoms with Crippen LogP contribution in [0.25, 0.3) is 0 Å². The summed E-state index contributed by atoms with van der Waals surface area (Å²) in [6.07, 6.45) is 1.04. The zero-order valence-electron chi connectivity index (χ0n) is 12.8. The standard InChI is InChI=1S/C13H13N5O6/c1-8-12(18(22)23)6-14-16(8)7-13(19)15-10-4-3-9(24-2)5-11(10)17(20)21/h3-6H,7H2,1-2H3,(H,15,19). The number of carbonyl (C=O) groups is 1. The molecule has 0 radical (unpaired) electrons. The molecular weight excluding hydrogens is 322 g/mol. The molecule has 11 nitrogen and oxygen atoms in total. The number of methoxy groups -OCH3 is 1. The molecule has 126 valence electrons. The molecule has 2 rings (SSSR count). The van der Waals surface area contributed by atoms with Crippen LogP contribution in [0.2, 0.25) is 0 Å². The second kappa shape index (κ2) is 6.73. The van der Waals surface area contributed by atoms with Crippen LogP contribution in [0.1, 0.15) is 5.69 Å². The molecule has 1 N–H and O–H groups in total. The molecule has 1 aromatic heterocycles. The molecule has 2 aromatic rings. The van der Waals surface area contributed by atoms with Gasteiger partial charge in [0.25, 0.3) is 5.69 Å². The molecule has 0 saturated carbocycles. The number of hydrogen-bond acceptors (Lipinski definition) is 7. The Bertz CT molecular complexity index is 815. The van der Waals surface area contributed by atoms with Crippen LogP contribution in [0, 0.1) is 27.2 Å². The van der Waals surface area contributed by atoms with E-state index in [1.807, 2.05) is 0 Å². The predicted molar refractivity (Wildman–Crippen MR) is 81.9 cm³/mol. The van der Waals surface area contributed by atoms with Crippen LogP contribution in [-0.2, 0) is 11.3 Å². The molecule has 0 aliphatic rings. The maximum absolute atomic E-state index is 12.0. The highest BCUT2D eigenvalue weighted by Crippen LogP contribution is 2.29. The van der Waals surface area contributed by atoms with Crippen molar-refractivity contribution in [3.05, 3.63) is 50.3 Å². The van der Waals surface area contributed by atoms with E-state index in [0.29, 0.717) is 0 Å². The number of rotatable bonds is 6. The summed E-state index contributed by atoms with van der Waals surface area (Å²) in [6.45, 7) is 1.14. The minimum absolute atomic E-state index is 0.00916. The molecule has 0 aliphatic carbocycles. The maximum Gasteiger partial charge on any atom is 0.309 e. The average molecular weight is 335 g/mol. The van der Waals surface area contributed by atoms with Gasteiger partial charge in [0.1, 0.15) is 29.9 Å². The lowest BCUT2D eigenvalue weighted by atomic mass is 10.2. The molecule has 1 aromatic carbocycles. The van der Waals surface area contributed by atoms with E-state index in [9.17, 15) is 25.0 Å². The molecule has 0 saturated heterocycles. The third-order valence-electron chi connectivity index (χ3n) is 3.24. The summed E-state index contributed by atoms with van der Waals surface area (Å²) in [5.41, 5.74) is -0.339. The molecule has 0 fully saturated rings. The Morgan fingerprint density at radius 3 is 2.50 bits per heavy atom. The van der Waals surface area contributed by atoms with Crippen molar-refractivity contribution in [3.8, 4) is 5.75 Å². The van der Waals surface area contributed by atoms with Crippen LogP contribution in [0.15, 0.2) is 24.4 Å². The van der Waals surface area contributed by atoms with E-state index in [0.717, 1.165) is 10.9 Å². The number of ether oxygens (including phenoxy) is 1. The largest absolute Gasteiger partial charge is 0.496 e. The van der Waals surface area contributed by atoms with Crippen LogP contribution in [0.3, 0.4) is 0 Å².